The molecule has 1 aliphatic rings. The summed E-state index contributed by atoms with van der Waals surface area (Å²) < 4.78 is 5.36. The minimum Gasteiger partial charge on any atom is -0.378 e. The number of H-pyrrole nitrogens is 1. The third-order valence-corrected chi connectivity index (χ3v) is 4.49. The molecule has 0 aliphatic carbocycles. The number of amides is 2. The van der Waals surface area contributed by atoms with Gasteiger partial charge >= 0.3 is 5.91 Å². The van der Waals surface area contributed by atoms with E-state index in [1.165, 1.54) is 0 Å². The van der Waals surface area contributed by atoms with Crippen LogP contribution in [0.25, 0.3) is 0 Å². The number of carbonyl (C=O) groups is 2. The minimum atomic E-state index is -0.316. The van der Waals surface area contributed by atoms with Crippen LogP contribution in [0.1, 0.15) is 23.0 Å². The molecule has 0 atom stereocenters. The van der Waals surface area contributed by atoms with E-state index in [-0.39, 0.29) is 18.4 Å². The van der Waals surface area contributed by atoms with E-state index < -0.39 is 0 Å². The predicted molar refractivity (Wildman–Crippen MR) is 103 cm³/mol. The summed E-state index contributed by atoms with van der Waals surface area (Å²) in [5, 5.41) is 5.51. The van der Waals surface area contributed by atoms with E-state index >= 15 is 0 Å². The summed E-state index contributed by atoms with van der Waals surface area (Å²) in [6.07, 6.45) is 2.56. The average Bonchev–Trinajstić information content (AvgIpc) is 2.73. The van der Waals surface area contributed by atoms with Crippen LogP contribution in [0, 0.1) is 0 Å². The molecule has 1 aliphatic heterocycles. The van der Waals surface area contributed by atoms with E-state index in [4.69, 9.17) is 4.74 Å². The molecule has 27 heavy (non-hydrogen) atoms. The number of aryl methyl sites for hydroxylation is 1. The molecular weight excluding hydrogens is 344 g/mol. The van der Waals surface area contributed by atoms with Crippen molar-refractivity contribution in [1.82, 2.24) is 5.32 Å². The summed E-state index contributed by atoms with van der Waals surface area (Å²) in [6.45, 7) is 4.89. The van der Waals surface area contributed by atoms with E-state index in [9.17, 15) is 9.59 Å². The summed E-state index contributed by atoms with van der Waals surface area (Å²) >= 11 is 0. The summed E-state index contributed by atoms with van der Waals surface area (Å²) in [7, 11) is 0. The predicted octanol–water partition coefficient (Wildman–Crippen LogP) is 1.27. The lowest BCUT2D eigenvalue weighted by Crippen LogP contribution is -2.38. The third kappa shape index (κ3) is 5.04. The highest BCUT2D eigenvalue weighted by atomic mass is 16.5. The van der Waals surface area contributed by atoms with Crippen molar-refractivity contribution in [3.8, 4) is 0 Å². The van der Waals surface area contributed by atoms with Crippen LogP contribution in [-0.4, -0.2) is 44.7 Å². The first-order chi connectivity index (χ1) is 13.2. The number of carbonyl (C=O) groups excluding carboxylic acids is 2. The third-order valence-electron chi connectivity index (χ3n) is 4.49. The Hall–Kier alpha value is -2.93. The molecule has 2 aromatic rings. The number of rotatable bonds is 6. The van der Waals surface area contributed by atoms with Crippen LogP contribution in [0.5, 0.6) is 0 Å². The fraction of sp³-hybridized carbons (Fsp3) is 0.350. The highest BCUT2D eigenvalue weighted by Gasteiger charge is 2.18. The van der Waals surface area contributed by atoms with Crippen LogP contribution in [-0.2, 0) is 16.0 Å². The van der Waals surface area contributed by atoms with Crippen molar-refractivity contribution < 1.29 is 19.3 Å². The maximum Gasteiger partial charge on any atom is 0.316 e. The highest BCUT2D eigenvalue weighted by Crippen LogP contribution is 2.16. The average molecular weight is 369 g/mol. The number of nitrogens with one attached hydrogen (secondary N) is 3. The van der Waals surface area contributed by atoms with Gasteiger partial charge in [-0.2, -0.15) is 0 Å². The van der Waals surface area contributed by atoms with Gasteiger partial charge in [-0.25, -0.2) is 4.98 Å². The number of morpholine rings is 1. The maximum atomic E-state index is 12.4. The lowest BCUT2D eigenvalue weighted by atomic mass is 10.1. The van der Waals surface area contributed by atoms with Crippen LogP contribution >= 0.6 is 0 Å². The number of pyridine rings is 1. The summed E-state index contributed by atoms with van der Waals surface area (Å²) in [6, 6.07) is 11.4. The van der Waals surface area contributed by atoms with E-state index in [1.807, 2.05) is 37.3 Å². The molecule has 7 nitrogen and oxygen atoms in total. The van der Waals surface area contributed by atoms with Crippen molar-refractivity contribution in [2.75, 3.05) is 43.1 Å². The van der Waals surface area contributed by atoms with Crippen molar-refractivity contribution in [3.05, 3.63) is 53.9 Å². The number of ether oxygens (including phenoxy) is 1. The van der Waals surface area contributed by atoms with Gasteiger partial charge in [-0.1, -0.05) is 25.1 Å². The number of hydrogen-bond donors (Lipinski definition) is 2. The molecule has 0 radical (unpaired) electrons. The van der Waals surface area contributed by atoms with Crippen LogP contribution in [0.15, 0.2) is 42.6 Å². The first-order valence-electron chi connectivity index (χ1n) is 9.17. The number of anilines is 2. The molecule has 3 N–H and O–H groups in total. The van der Waals surface area contributed by atoms with Gasteiger partial charge in [0.15, 0.2) is 6.20 Å². The van der Waals surface area contributed by atoms with Gasteiger partial charge in [0, 0.05) is 36.6 Å². The van der Waals surface area contributed by atoms with Crippen LogP contribution in [0.3, 0.4) is 0 Å². The van der Waals surface area contributed by atoms with Gasteiger partial charge in [-0.3, -0.25) is 9.59 Å². The molecule has 0 saturated carbocycles. The lowest BCUT2D eigenvalue weighted by Gasteiger charge is -2.28. The van der Waals surface area contributed by atoms with Gasteiger partial charge in [0.1, 0.15) is 0 Å². The standard InChI is InChI=1S/C20H24N4O3/c1-2-15-5-3-4-6-17(15)23-19(25)14-22-20(26)18-13-16(7-8-21-18)24-9-11-27-12-10-24/h3-8,13H,2,9-12,14H2,1H3,(H,22,26)(H,23,25)/p+1. The first-order valence-corrected chi connectivity index (χ1v) is 9.17. The zero-order valence-corrected chi connectivity index (χ0v) is 15.5. The van der Waals surface area contributed by atoms with E-state index in [0.717, 1.165) is 36.4 Å². The number of nitrogens with zero attached hydrogens (tertiary/aromatic N) is 1. The summed E-state index contributed by atoms with van der Waals surface area (Å²) in [5.41, 5.74) is 3.22. The Kier molecular flexibility index (Phi) is 6.38. The molecule has 3 rings (SSSR count). The molecule has 1 aromatic heterocycles. The first kappa shape index (κ1) is 18.8. The topological polar surface area (TPSA) is 84.8 Å². The fourth-order valence-electron chi connectivity index (χ4n) is 3.00. The molecule has 1 aromatic carbocycles. The second-order valence-corrected chi connectivity index (χ2v) is 6.30. The Morgan fingerprint density at radius 3 is 2.74 bits per heavy atom. The normalized spacial score (nSPS) is 13.9. The monoisotopic (exact) mass is 369 g/mol. The minimum absolute atomic E-state index is 0.0908. The SMILES string of the molecule is CCc1ccccc1NC(=O)CNC(=O)c1cc(N2CCOCC2)cc[nH+]1. The number of para-hydroxylation sites is 1. The van der Waals surface area contributed by atoms with Crippen LogP contribution in [0.2, 0.25) is 0 Å². The van der Waals surface area contributed by atoms with Crippen LogP contribution in [0.4, 0.5) is 11.4 Å². The zero-order chi connectivity index (χ0) is 19.1. The van der Waals surface area contributed by atoms with Gasteiger partial charge in [-0.15, -0.1) is 0 Å². The van der Waals surface area contributed by atoms with E-state index in [2.05, 4.69) is 20.5 Å². The Labute approximate surface area is 158 Å². The second kappa shape index (κ2) is 9.14. The molecule has 0 spiro atoms. The second-order valence-electron chi connectivity index (χ2n) is 6.30. The number of hydrogen-bond acceptors (Lipinski definition) is 4. The Morgan fingerprint density at radius 2 is 1.96 bits per heavy atom. The summed E-state index contributed by atoms with van der Waals surface area (Å²) in [5.74, 6) is -0.572. The van der Waals surface area contributed by atoms with Crippen molar-refractivity contribution in [3.63, 3.8) is 0 Å². The highest BCUT2D eigenvalue weighted by molar-refractivity contribution is 5.98. The van der Waals surface area contributed by atoms with Gasteiger partial charge in [0.05, 0.1) is 19.8 Å². The Bertz CT molecular complexity index is 803. The van der Waals surface area contributed by atoms with Gasteiger partial charge in [0.2, 0.25) is 5.91 Å². The largest absolute Gasteiger partial charge is 0.378 e. The summed E-state index contributed by atoms with van der Waals surface area (Å²) in [4.78, 5) is 29.7. The molecule has 1 saturated heterocycles. The van der Waals surface area contributed by atoms with Crippen molar-refractivity contribution in [1.29, 1.82) is 0 Å². The fourth-order valence-corrected chi connectivity index (χ4v) is 3.00. The molecule has 0 unspecified atom stereocenters. The zero-order valence-electron chi connectivity index (χ0n) is 15.5. The number of aromatic nitrogens is 1. The molecule has 7 heteroatoms. The van der Waals surface area contributed by atoms with Gasteiger partial charge in [0.25, 0.3) is 5.69 Å². The molecule has 1 fully saturated rings. The Morgan fingerprint density at radius 1 is 1.19 bits per heavy atom. The van der Waals surface area contributed by atoms with Crippen molar-refractivity contribution in [2.45, 2.75) is 13.3 Å². The molecule has 2 amide bonds. The quantitative estimate of drug-likeness (QED) is 0.803. The number of benzene rings is 1. The van der Waals surface area contributed by atoms with Gasteiger partial charge < -0.3 is 20.3 Å². The van der Waals surface area contributed by atoms with Crippen molar-refractivity contribution in [2.24, 2.45) is 0 Å². The molecular formula is C20H25N4O3+. The van der Waals surface area contributed by atoms with Crippen LogP contribution < -0.4 is 20.5 Å². The maximum absolute atomic E-state index is 12.4. The lowest BCUT2D eigenvalue weighted by molar-refractivity contribution is -0.381. The molecule has 142 valence electrons. The van der Waals surface area contributed by atoms with Gasteiger partial charge in [-0.05, 0) is 18.1 Å². The molecule has 2 heterocycles. The Balaban J connectivity index is 1.56. The van der Waals surface area contributed by atoms with E-state index in [1.54, 1.807) is 12.3 Å². The van der Waals surface area contributed by atoms with E-state index in [0.29, 0.717) is 18.9 Å². The smallest absolute Gasteiger partial charge is 0.316 e. The van der Waals surface area contributed by atoms with Crippen molar-refractivity contribution >= 4 is 23.2 Å². The number of aromatic amines is 1. The molecule has 0 bridgehead atoms.